The average Bonchev–Trinajstić information content (AvgIpc) is 3.40. The lowest BCUT2D eigenvalue weighted by Gasteiger charge is -2.08. The molecule has 0 amide bonds. The van der Waals surface area contributed by atoms with Gasteiger partial charge >= 0.3 is 0 Å². The smallest absolute Gasteiger partial charge is 0.205 e. The highest BCUT2D eigenvalue weighted by atomic mass is 79.9. The van der Waals surface area contributed by atoms with E-state index < -0.39 is 0 Å². The second-order valence-electron chi connectivity index (χ2n) is 5.27. The number of nitrogens with zero attached hydrogens (tertiary/aromatic N) is 3. The molecule has 0 aliphatic heterocycles. The van der Waals surface area contributed by atoms with Crippen LogP contribution in [0.15, 0.2) is 74.2 Å². The summed E-state index contributed by atoms with van der Waals surface area (Å²) in [4.78, 5) is 13.1. The number of hydrogen-bond acceptors (Lipinski definition) is 6. The number of furan rings is 1. The first kappa shape index (κ1) is 17.3. The summed E-state index contributed by atoms with van der Waals surface area (Å²) in [5.41, 5.74) is 0.915. The van der Waals surface area contributed by atoms with Gasteiger partial charge in [0.2, 0.25) is 5.82 Å². The van der Waals surface area contributed by atoms with Crippen molar-refractivity contribution < 1.29 is 9.21 Å². The number of ketones is 1. The fraction of sp³-hybridized carbons (Fsp3) is 0.0556. The maximum atomic E-state index is 12.4. The van der Waals surface area contributed by atoms with Crippen molar-refractivity contribution in [3.05, 3.63) is 69.5 Å². The van der Waals surface area contributed by atoms with Crippen molar-refractivity contribution in [2.24, 2.45) is 0 Å². The summed E-state index contributed by atoms with van der Waals surface area (Å²) in [7, 11) is 0. The number of benzene rings is 1. The van der Waals surface area contributed by atoms with E-state index in [0.29, 0.717) is 16.7 Å². The van der Waals surface area contributed by atoms with Gasteiger partial charge in [-0.05, 0) is 52.3 Å². The molecule has 0 saturated carbocycles. The molecule has 4 aromatic rings. The maximum absolute atomic E-state index is 12.4. The van der Waals surface area contributed by atoms with E-state index in [1.807, 2.05) is 59.2 Å². The van der Waals surface area contributed by atoms with Crippen molar-refractivity contribution in [2.45, 2.75) is 5.16 Å². The normalized spacial score (nSPS) is 11.0. The minimum absolute atomic E-state index is 0.0628. The molecule has 0 saturated heterocycles. The number of carbonyl (C=O) groups excluding carboxylic acids is 1. The molecule has 130 valence electrons. The van der Waals surface area contributed by atoms with E-state index in [0.717, 1.165) is 14.4 Å². The Labute approximate surface area is 166 Å². The third-order valence-electron chi connectivity index (χ3n) is 3.57. The Morgan fingerprint density at radius 2 is 1.96 bits per heavy atom. The predicted octanol–water partition coefficient (Wildman–Crippen LogP) is 5.33. The molecule has 0 atom stereocenters. The van der Waals surface area contributed by atoms with Crippen molar-refractivity contribution in [1.29, 1.82) is 0 Å². The lowest BCUT2D eigenvalue weighted by molar-refractivity contribution is 0.102. The largest absolute Gasteiger partial charge is 0.461 e. The zero-order chi connectivity index (χ0) is 17.9. The van der Waals surface area contributed by atoms with E-state index in [9.17, 15) is 4.79 Å². The molecule has 5 nitrogen and oxygen atoms in total. The highest BCUT2D eigenvalue weighted by Crippen LogP contribution is 2.29. The number of halogens is 1. The van der Waals surface area contributed by atoms with Crippen LogP contribution < -0.4 is 0 Å². The highest BCUT2D eigenvalue weighted by molar-refractivity contribution is 9.11. The monoisotopic (exact) mass is 445 g/mol. The van der Waals surface area contributed by atoms with Gasteiger partial charge in [0.1, 0.15) is 0 Å². The molecular formula is C18H12BrN3O2S2. The second-order valence-corrected chi connectivity index (χ2v) is 8.68. The molecule has 0 spiro atoms. The fourth-order valence-electron chi connectivity index (χ4n) is 2.40. The summed E-state index contributed by atoms with van der Waals surface area (Å²) < 4.78 is 8.34. The second kappa shape index (κ2) is 7.61. The topological polar surface area (TPSA) is 60.9 Å². The number of thiophene rings is 1. The minimum atomic E-state index is 0.0628. The molecule has 0 fully saturated rings. The van der Waals surface area contributed by atoms with Crippen molar-refractivity contribution in [3.8, 4) is 17.3 Å². The zero-order valence-electron chi connectivity index (χ0n) is 13.3. The number of rotatable bonds is 6. The van der Waals surface area contributed by atoms with Gasteiger partial charge in [-0.25, -0.2) is 0 Å². The Morgan fingerprint density at radius 3 is 2.65 bits per heavy atom. The van der Waals surface area contributed by atoms with E-state index in [4.69, 9.17) is 4.42 Å². The molecule has 4 rings (SSSR count). The van der Waals surface area contributed by atoms with Crippen molar-refractivity contribution in [1.82, 2.24) is 14.8 Å². The number of hydrogen-bond donors (Lipinski definition) is 0. The molecule has 3 heterocycles. The molecule has 0 aliphatic rings. The first-order chi connectivity index (χ1) is 12.7. The first-order valence-electron chi connectivity index (χ1n) is 7.68. The van der Waals surface area contributed by atoms with Crippen molar-refractivity contribution >= 4 is 44.8 Å². The van der Waals surface area contributed by atoms with Crippen LogP contribution >= 0.6 is 39.0 Å². The van der Waals surface area contributed by atoms with Gasteiger partial charge in [-0.15, -0.1) is 21.5 Å². The third-order valence-corrected chi connectivity index (χ3v) is 6.16. The molecule has 0 unspecified atom stereocenters. The van der Waals surface area contributed by atoms with Gasteiger partial charge in [-0.1, -0.05) is 30.0 Å². The zero-order valence-corrected chi connectivity index (χ0v) is 16.6. The van der Waals surface area contributed by atoms with E-state index in [1.165, 1.54) is 23.1 Å². The van der Waals surface area contributed by atoms with Crippen LogP contribution in [-0.2, 0) is 0 Å². The van der Waals surface area contributed by atoms with Crippen LogP contribution in [0.3, 0.4) is 0 Å². The Morgan fingerprint density at radius 1 is 1.12 bits per heavy atom. The number of Topliss-reactive ketones (excluding diaryl/α,β-unsaturated/α-hetero) is 1. The van der Waals surface area contributed by atoms with Gasteiger partial charge < -0.3 is 4.42 Å². The Balaban J connectivity index is 1.65. The van der Waals surface area contributed by atoms with Gasteiger partial charge in [0.05, 0.1) is 20.7 Å². The lowest BCUT2D eigenvalue weighted by Crippen LogP contribution is -2.03. The molecule has 3 aromatic heterocycles. The average molecular weight is 446 g/mol. The van der Waals surface area contributed by atoms with Crippen LogP contribution in [0, 0.1) is 0 Å². The molecule has 1 aromatic carbocycles. The molecule has 0 N–H and O–H groups in total. The third kappa shape index (κ3) is 3.53. The standard InChI is InChI=1S/C18H12BrN3O2S2/c19-16-9-8-15(26-16)13(23)11-25-18-21-20-17(14-7-4-10-24-14)22(18)12-5-2-1-3-6-12/h1-10H,11H2. The molecule has 0 aliphatic carbocycles. The van der Waals surface area contributed by atoms with Gasteiger partial charge in [0.15, 0.2) is 16.7 Å². The molecular weight excluding hydrogens is 434 g/mol. The molecule has 0 radical (unpaired) electrons. The van der Waals surface area contributed by atoms with Crippen LogP contribution in [0.25, 0.3) is 17.3 Å². The Bertz CT molecular complexity index is 1030. The summed E-state index contributed by atoms with van der Waals surface area (Å²) in [6, 6.07) is 17.1. The van der Waals surface area contributed by atoms with E-state index in [-0.39, 0.29) is 11.5 Å². The lowest BCUT2D eigenvalue weighted by atomic mass is 10.3. The summed E-state index contributed by atoms with van der Waals surface area (Å²) in [6.07, 6.45) is 1.60. The van der Waals surface area contributed by atoms with E-state index >= 15 is 0 Å². The predicted molar refractivity (Wildman–Crippen MR) is 106 cm³/mol. The maximum Gasteiger partial charge on any atom is 0.205 e. The van der Waals surface area contributed by atoms with Crippen LogP contribution in [-0.4, -0.2) is 26.3 Å². The van der Waals surface area contributed by atoms with Crippen molar-refractivity contribution in [3.63, 3.8) is 0 Å². The van der Waals surface area contributed by atoms with Gasteiger partial charge in [0, 0.05) is 5.69 Å². The van der Waals surface area contributed by atoms with Crippen LogP contribution in [0.2, 0.25) is 0 Å². The molecule has 26 heavy (non-hydrogen) atoms. The fourth-order valence-corrected chi connectivity index (χ4v) is 4.65. The summed E-state index contributed by atoms with van der Waals surface area (Å²) in [6.45, 7) is 0. The summed E-state index contributed by atoms with van der Waals surface area (Å²) in [5.74, 6) is 1.58. The van der Waals surface area contributed by atoms with Gasteiger partial charge in [-0.3, -0.25) is 9.36 Å². The summed E-state index contributed by atoms with van der Waals surface area (Å²) >= 11 is 6.18. The highest BCUT2D eigenvalue weighted by Gasteiger charge is 2.19. The van der Waals surface area contributed by atoms with E-state index in [2.05, 4.69) is 26.1 Å². The van der Waals surface area contributed by atoms with Crippen LogP contribution in [0.1, 0.15) is 9.67 Å². The van der Waals surface area contributed by atoms with Gasteiger partial charge in [-0.2, -0.15) is 0 Å². The first-order valence-corrected chi connectivity index (χ1v) is 10.3. The number of para-hydroxylation sites is 1. The number of carbonyl (C=O) groups is 1. The quantitative estimate of drug-likeness (QED) is 0.296. The Kier molecular flexibility index (Phi) is 5.05. The number of thioether (sulfide) groups is 1. The minimum Gasteiger partial charge on any atom is -0.461 e. The molecule has 0 bridgehead atoms. The van der Waals surface area contributed by atoms with Crippen LogP contribution in [0.5, 0.6) is 0 Å². The number of aromatic nitrogens is 3. The molecule has 8 heteroatoms. The van der Waals surface area contributed by atoms with Crippen molar-refractivity contribution in [2.75, 3.05) is 5.75 Å². The SMILES string of the molecule is O=C(CSc1nnc(-c2ccco2)n1-c1ccccc1)c1ccc(Br)s1. The summed E-state index contributed by atoms with van der Waals surface area (Å²) in [5, 5.41) is 9.19. The van der Waals surface area contributed by atoms with Crippen LogP contribution in [0.4, 0.5) is 0 Å². The van der Waals surface area contributed by atoms with E-state index in [1.54, 1.807) is 6.26 Å². The Hall–Kier alpha value is -2.16. The van der Waals surface area contributed by atoms with Gasteiger partial charge in [0.25, 0.3) is 0 Å².